The molecule has 2 unspecified atom stereocenters. The van der Waals surface area contributed by atoms with Crippen LogP contribution >= 0.6 is 11.6 Å². The van der Waals surface area contributed by atoms with Gasteiger partial charge in [0.2, 0.25) is 0 Å². The standard InChI is InChI=1S/C15H18ClN3/c16-15-7-11(8-17)1-2-12(15)9-19-6-5-13-3-4-14(10-19)18-13/h1-2,7,13-14,18H,3-6,9-10H2. The van der Waals surface area contributed by atoms with Gasteiger partial charge in [0.1, 0.15) is 0 Å². The number of rotatable bonds is 2. The van der Waals surface area contributed by atoms with Crippen LogP contribution in [0.5, 0.6) is 0 Å². The van der Waals surface area contributed by atoms with E-state index in [4.69, 9.17) is 16.9 Å². The van der Waals surface area contributed by atoms with Gasteiger partial charge < -0.3 is 5.32 Å². The number of likely N-dealkylation sites (tertiary alicyclic amines) is 1. The quantitative estimate of drug-likeness (QED) is 0.902. The van der Waals surface area contributed by atoms with E-state index >= 15 is 0 Å². The summed E-state index contributed by atoms with van der Waals surface area (Å²) in [5, 5.41) is 13.2. The number of benzene rings is 1. The Bertz CT molecular complexity index is 509. The van der Waals surface area contributed by atoms with Crippen molar-refractivity contribution >= 4 is 11.6 Å². The van der Waals surface area contributed by atoms with Crippen molar-refractivity contribution in [1.82, 2.24) is 10.2 Å². The molecular weight excluding hydrogens is 258 g/mol. The minimum absolute atomic E-state index is 0.630. The SMILES string of the molecule is N#Cc1ccc(CN2CCC3CCC(C2)N3)c(Cl)c1. The van der Waals surface area contributed by atoms with Crippen molar-refractivity contribution in [2.45, 2.75) is 37.9 Å². The van der Waals surface area contributed by atoms with E-state index in [1.807, 2.05) is 12.1 Å². The Morgan fingerprint density at radius 3 is 2.95 bits per heavy atom. The first kappa shape index (κ1) is 12.9. The molecule has 0 amide bonds. The van der Waals surface area contributed by atoms with Crippen molar-refractivity contribution in [3.8, 4) is 6.07 Å². The molecule has 100 valence electrons. The molecule has 1 aromatic carbocycles. The average Bonchev–Trinajstić information content (AvgIpc) is 2.74. The Morgan fingerprint density at radius 2 is 2.16 bits per heavy atom. The van der Waals surface area contributed by atoms with Gasteiger partial charge >= 0.3 is 0 Å². The summed E-state index contributed by atoms with van der Waals surface area (Å²) in [6.07, 6.45) is 3.85. The maximum Gasteiger partial charge on any atom is 0.0992 e. The molecule has 2 atom stereocenters. The molecule has 1 N–H and O–H groups in total. The van der Waals surface area contributed by atoms with E-state index in [2.05, 4.69) is 16.3 Å². The minimum atomic E-state index is 0.630. The zero-order chi connectivity index (χ0) is 13.2. The second-order valence-corrected chi connectivity index (χ2v) is 5.99. The van der Waals surface area contributed by atoms with Crippen molar-refractivity contribution in [3.05, 3.63) is 34.3 Å². The number of nitriles is 1. The van der Waals surface area contributed by atoms with Gasteiger partial charge in [-0.25, -0.2) is 0 Å². The molecule has 2 fully saturated rings. The molecule has 2 aliphatic rings. The highest BCUT2D eigenvalue weighted by atomic mass is 35.5. The molecule has 2 bridgehead atoms. The van der Waals surface area contributed by atoms with Gasteiger partial charge in [-0.1, -0.05) is 17.7 Å². The molecule has 2 saturated heterocycles. The number of halogens is 1. The molecule has 4 heteroatoms. The average molecular weight is 276 g/mol. The highest BCUT2D eigenvalue weighted by Crippen LogP contribution is 2.24. The first-order chi connectivity index (χ1) is 9.24. The van der Waals surface area contributed by atoms with E-state index in [9.17, 15) is 0 Å². The van der Waals surface area contributed by atoms with Gasteiger partial charge in [-0.05, 0) is 37.0 Å². The summed E-state index contributed by atoms with van der Waals surface area (Å²) in [5.74, 6) is 0. The fourth-order valence-corrected chi connectivity index (χ4v) is 3.39. The monoisotopic (exact) mass is 275 g/mol. The molecule has 0 spiro atoms. The van der Waals surface area contributed by atoms with Gasteiger partial charge in [-0.2, -0.15) is 5.26 Å². The summed E-state index contributed by atoms with van der Waals surface area (Å²) in [4.78, 5) is 2.48. The third-order valence-electron chi connectivity index (χ3n) is 4.18. The van der Waals surface area contributed by atoms with Gasteiger partial charge in [0.05, 0.1) is 11.6 Å². The Labute approximate surface area is 119 Å². The summed E-state index contributed by atoms with van der Waals surface area (Å²) in [6.45, 7) is 3.12. The van der Waals surface area contributed by atoms with Crippen molar-refractivity contribution in [3.63, 3.8) is 0 Å². The van der Waals surface area contributed by atoms with Crippen molar-refractivity contribution in [2.75, 3.05) is 13.1 Å². The number of nitrogens with zero attached hydrogens (tertiary/aromatic N) is 2. The maximum absolute atomic E-state index is 8.86. The van der Waals surface area contributed by atoms with Crippen LogP contribution in [0.4, 0.5) is 0 Å². The number of fused-ring (bicyclic) bond motifs is 2. The normalized spacial score (nSPS) is 26.9. The van der Waals surface area contributed by atoms with Crippen molar-refractivity contribution < 1.29 is 0 Å². The second-order valence-electron chi connectivity index (χ2n) is 5.58. The predicted molar refractivity (Wildman–Crippen MR) is 76.0 cm³/mol. The molecule has 19 heavy (non-hydrogen) atoms. The van der Waals surface area contributed by atoms with Gasteiger partial charge in [0, 0.05) is 36.7 Å². The zero-order valence-electron chi connectivity index (χ0n) is 10.9. The molecule has 3 nitrogen and oxygen atoms in total. The van der Waals surface area contributed by atoms with Crippen LogP contribution in [-0.2, 0) is 6.54 Å². The number of nitrogens with one attached hydrogen (secondary N) is 1. The largest absolute Gasteiger partial charge is 0.310 e. The van der Waals surface area contributed by atoms with Gasteiger partial charge in [-0.3, -0.25) is 4.90 Å². The van der Waals surface area contributed by atoms with E-state index in [1.54, 1.807) is 6.07 Å². The lowest BCUT2D eigenvalue weighted by Crippen LogP contribution is -2.35. The minimum Gasteiger partial charge on any atom is -0.310 e. The number of hydrogen-bond acceptors (Lipinski definition) is 3. The van der Waals surface area contributed by atoms with Crippen LogP contribution < -0.4 is 5.32 Å². The third-order valence-corrected chi connectivity index (χ3v) is 4.54. The van der Waals surface area contributed by atoms with Crippen LogP contribution in [0.15, 0.2) is 18.2 Å². The van der Waals surface area contributed by atoms with Crippen LogP contribution in [0.3, 0.4) is 0 Å². The van der Waals surface area contributed by atoms with Crippen molar-refractivity contribution in [2.24, 2.45) is 0 Å². The van der Waals surface area contributed by atoms with Crippen LogP contribution in [0.1, 0.15) is 30.4 Å². The predicted octanol–water partition coefficient (Wildman–Crippen LogP) is 2.54. The van der Waals surface area contributed by atoms with Crippen LogP contribution in [0.25, 0.3) is 0 Å². The molecule has 0 aromatic heterocycles. The van der Waals surface area contributed by atoms with Crippen LogP contribution in [0, 0.1) is 11.3 Å². The Morgan fingerprint density at radius 1 is 1.32 bits per heavy atom. The topological polar surface area (TPSA) is 39.1 Å². The fraction of sp³-hybridized carbons (Fsp3) is 0.533. The molecule has 0 saturated carbocycles. The smallest absolute Gasteiger partial charge is 0.0992 e. The van der Waals surface area contributed by atoms with Crippen molar-refractivity contribution in [1.29, 1.82) is 5.26 Å². The summed E-state index contributed by atoms with van der Waals surface area (Å²) < 4.78 is 0. The van der Waals surface area contributed by atoms with Gasteiger partial charge in [0.15, 0.2) is 0 Å². The highest BCUT2D eigenvalue weighted by Gasteiger charge is 2.29. The summed E-state index contributed by atoms with van der Waals surface area (Å²) in [7, 11) is 0. The lowest BCUT2D eigenvalue weighted by atomic mass is 10.1. The molecule has 0 radical (unpaired) electrons. The summed E-state index contributed by atoms with van der Waals surface area (Å²) in [5.41, 5.74) is 1.75. The molecule has 3 rings (SSSR count). The first-order valence-corrected chi connectivity index (χ1v) is 7.29. The molecule has 2 heterocycles. The van der Waals surface area contributed by atoms with E-state index in [0.717, 1.165) is 25.2 Å². The lowest BCUT2D eigenvalue weighted by molar-refractivity contribution is 0.251. The Kier molecular flexibility index (Phi) is 3.74. The molecule has 2 aliphatic heterocycles. The van der Waals surface area contributed by atoms with E-state index in [1.165, 1.54) is 19.3 Å². The van der Waals surface area contributed by atoms with E-state index < -0.39 is 0 Å². The van der Waals surface area contributed by atoms with Crippen LogP contribution in [-0.4, -0.2) is 30.1 Å². The van der Waals surface area contributed by atoms with Crippen LogP contribution in [0.2, 0.25) is 5.02 Å². The van der Waals surface area contributed by atoms with Gasteiger partial charge in [-0.15, -0.1) is 0 Å². The lowest BCUT2D eigenvalue weighted by Gasteiger charge is -2.24. The highest BCUT2D eigenvalue weighted by molar-refractivity contribution is 6.31. The van der Waals surface area contributed by atoms with Gasteiger partial charge in [0.25, 0.3) is 0 Å². The molecule has 0 aliphatic carbocycles. The Balaban J connectivity index is 1.69. The maximum atomic E-state index is 8.86. The van der Waals surface area contributed by atoms with E-state index in [-0.39, 0.29) is 0 Å². The summed E-state index contributed by atoms with van der Waals surface area (Å²) >= 11 is 6.25. The second kappa shape index (κ2) is 5.50. The summed E-state index contributed by atoms with van der Waals surface area (Å²) in [6, 6.07) is 9.08. The fourth-order valence-electron chi connectivity index (χ4n) is 3.15. The third kappa shape index (κ3) is 2.92. The molecular formula is C15H18ClN3. The zero-order valence-corrected chi connectivity index (χ0v) is 11.7. The number of hydrogen-bond donors (Lipinski definition) is 1. The van der Waals surface area contributed by atoms with E-state index in [0.29, 0.717) is 22.7 Å². The Hall–Kier alpha value is -1.08. The molecule has 1 aromatic rings. The first-order valence-electron chi connectivity index (χ1n) is 6.91.